The first kappa shape index (κ1) is 26.9. The average Bonchev–Trinajstić information content (AvgIpc) is 3.20. The summed E-state index contributed by atoms with van der Waals surface area (Å²) in [7, 11) is 1.69. The number of amides is 2. The molecule has 1 aliphatic rings. The molecule has 8 nitrogen and oxygen atoms in total. The average molecular weight is 514 g/mol. The summed E-state index contributed by atoms with van der Waals surface area (Å²) in [5.41, 5.74) is 3.16. The number of aliphatic hydroxyl groups excluding tert-OH is 1. The molecular weight excluding hydrogens is 478 g/mol. The Morgan fingerprint density at radius 3 is 2.63 bits per heavy atom. The number of anilines is 1. The molecule has 0 unspecified atom stereocenters. The van der Waals surface area contributed by atoms with Gasteiger partial charge in [-0.05, 0) is 49.0 Å². The number of hydrogen-bond acceptors (Lipinski definition) is 4. The van der Waals surface area contributed by atoms with Gasteiger partial charge in [-0.25, -0.2) is 9.48 Å². The van der Waals surface area contributed by atoms with Gasteiger partial charge in [0, 0.05) is 30.4 Å². The SMILES string of the molecule is C=C1/C=C\C=C/C[C@@H](NC(=O)Nc2c(C)c(-c3ccn(C)c(=O)c3)nn2-c2ccccc2)[C@H](O)CC1(C)C. The van der Waals surface area contributed by atoms with Crippen molar-refractivity contribution in [3.8, 4) is 16.9 Å². The van der Waals surface area contributed by atoms with Crippen LogP contribution in [0.5, 0.6) is 0 Å². The van der Waals surface area contributed by atoms with Crippen LogP contribution < -0.4 is 16.2 Å². The van der Waals surface area contributed by atoms with Gasteiger partial charge in [-0.15, -0.1) is 0 Å². The molecule has 1 aromatic carbocycles. The van der Waals surface area contributed by atoms with E-state index in [4.69, 9.17) is 5.10 Å². The fraction of sp³-hybridized carbons (Fsp3) is 0.300. The molecule has 3 aromatic rings. The van der Waals surface area contributed by atoms with E-state index < -0.39 is 18.2 Å². The second kappa shape index (κ2) is 11.1. The molecule has 3 N–H and O–H groups in total. The third-order valence-electron chi connectivity index (χ3n) is 7.04. The van der Waals surface area contributed by atoms with Crippen molar-refractivity contribution >= 4 is 11.8 Å². The highest BCUT2D eigenvalue weighted by molar-refractivity contribution is 5.91. The molecule has 2 amide bonds. The molecule has 0 aliphatic heterocycles. The molecule has 0 spiro atoms. The number of allylic oxidation sites excluding steroid dienone is 4. The molecule has 8 heteroatoms. The Kier molecular flexibility index (Phi) is 7.83. The molecule has 0 fully saturated rings. The largest absolute Gasteiger partial charge is 0.391 e. The maximum atomic E-state index is 13.3. The van der Waals surface area contributed by atoms with Crippen LogP contribution >= 0.6 is 0 Å². The van der Waals surface area contributed by atoms with Gasteiger partial charge in [0.05, 0.1) is 23.5 Å². The van der Waals surface area contributed by atoms with Crippen molar-refractivity contribution in [2.45, 2.75) is 45.8 Å². The summed E-state index contributed by atoms with van der Waals surface area (Å²) in [6, 6.07) is 11.9. The summed E-state index contributed by atoms with van der Waals surface area (Å²) in [5, 5.41) is 21.7. The Morgan fingerprint density at radius 1 is 1.18 bits per heavy atom. The summed E-state index contributed by atoms with van der Waals surface area (Å²) in [5.74, 6) is 0.478. The molecule has 1 aliphatic carbocycles. The number of aryl methyl sites for hydroxylation is 1. The van der Waals surface area contributed by atoms with E-state index in [9.17, 15) is 14.7 Å². The Balaban J connectivity index is 1.65. The van der Waals surface area contributed by atoms with Crippen molar-refractivity contribution in [2.24, 2.45) is 12.5 Å². The van der Waals surface area contributed by atoms with Gasteiger partial charge >= 0.3 is 6.03 Å². The second-order valence-electron chi connectivity index (χ2n) is 10.3. The highest BCUT2D eigenvalue weighted by Crippen LogP contribution is 2.33. The van der Waals surface area contributed by atoms with Gasteiger partial charge in [0.15, 0.2) is 0 Å². The lowest BCUT2D eigenvalue weighted by Gasteiger charge is -2.32. The molecule has 0 bridgehead atoms. The second-order valence-corrected chi connectivity index (χ2v) is 10.3. The van der Waals surface area contributed by atoms with Gasteiger partial charge in [-0.2, -0.15) is 5.10 Å². The van der Waals surface area contributed by atoms with E-state index in [0.29, 0.717) is 35.5 Å². The van der Waals surface area contributed by atoms with Gasteiger partial charge in [-0.3, -0.25) is 10.1 Å². The van der Waals surface area contributed by atoms with Gasteiger partial charge in [0.2, 0.25) is 0 Å². The number of pyridine rings is 1. The first-order chi connectivity index (χ1) is 18.1. The van der Waals surface area contributed by atoms with Crippen LogP contribution in [0.1, 0.15) is 32.3 Å². The van der Waals surface area contributed by atoms with Crippen LogP contribution in [-0.2, 0) is 7.05 Å². The van der Waals surface area contributed by atoms with Gasteiger partial charge in [0.25, 0.3) is 5.56 Å². The van der Waals surface area contributed by atoms with Crippen molar-refractivity contribution in [3.05, 3.63) is 101 Å². The van der Waals surface area contributed by atoms with E-state index in [-0.39, 0.29) is 11.0 Å². The predicted molar refractivity (Wildman–Crippen MR) is 151 cm³/mol. The maximum absolute atomic E-state index is 13.3. The number of aromatic nitrogens is 3. The number of nitrogens with one attached hydrogen (secondary N) is 2. The minimum Gasteiger partial charge on any atom is -0.391 e. The first-order valence-corrected chi connectivity index (χ1v) is 12.7. The molecule has 2 heterocycles. The number of benzene rings is 1. The fourth-order valence-corrected chi connectivity index (χ4v) is 4.49. The Hall–Kier alpha value is -4.17. The number of hydrogen-bond donors (Lipinski definition) is 3. The molecule has 0 radical (unpaired) electrons. The minimum absolute atomic E-state index is 0.151. The van der Waals surface area contributed by atoms with Crippen molar-refractivity contribution in [2.75, 3.05) is 5.32 Å². The predicted octanol–water partition coefficient (Wildman–Crippen LogP) is 4.89. The number of urea groups is 1. The zero-order valence-electron chi connectivity index (χ0n) is 22.3. The van der Waals surface area contributed by atoms with Gasteiger partial charge in [-0.1, -0.05) is 62.9 Å². The molecule has 0 saturated carbocycles. The normalized spacial score (nSPS) is 20.9. The lowest BCUT2D eigenvalue weighted by Crippen LogP contribution is -2.46. The number of para-hydroxylation sites is 1. The number of rotatable bonds is 4. The summed E-state index contributed by atoms with van der Waals surface area (Å²) in [4.78, 5) is 25.6. The highest BCUT2D eigenvalue weighted by atomic mass is 16.3. The number of carbonyl (C=O) groups excluding carboxylic acids is 1. The van der Waals surface area contributed by atoms with E-state index in [1.54, 1.807) is 17.9 Å². The van der Waals surface area contributed by atoms with Crippen LogP contribution in [0.15, 0.2) is 89.9 Å². The standard InChI is InChI=1S/C30H35N5O3/c1-20-12-8-6-11-15-24(25(36)19-30(20,3)4)31-29(38)32-28-21(2)27(22-16-17-34(5)26(37)18-22)33-35(28)23-13-9-7-10-14-23/h6-14,16-18,24-25,36H,1,15,19H2,2-5H3,(H2,31,32,38)/b11-6-,12-8-/t24-,25-/m1/s1. The lowest BCUT2D eigenvalue weighted by molar-refractivity contribution is 0.0929. The van der Waals surface area contributed by atoms with Gasteiger partial charge < -0.3 is 15.0 Å². The molecule has 198 valence electrons. The maximum Gasteiger partial charge on any atom is 0.320 e. The van der Waals surface area contributed by atoms with Crippen LogP contribution in [0.2, 0.25) is 0 Å². The monoisotopic (exact) mass is 513 g/mol. The Morgan fingerprint density at radius 2 is 1.92 bits per heavy atom. The lowest BCUT2D eigenvalue weighted by atomic mass is 9.78. The van der Waals surface area contributed by atoms with Crippen molar-refractivity contribution in [1.82, 2.24) is 19.7 Å². The summed E-state index contributed by atoms with van der Waals surface area (Å²) in [6.07, 6.45) is 9.54. The van der Waals surface area contributed by atoms with E-state index in [2.05, 4.69) is 17.2 Å². The summed E-state index contributed by atoms with van der Waals surface area (Å²) >= 11 is 0. The number of nitrogens with zero attached hydrogens (tertiary/aromatic N) is 3. The van der Waals surface area contributed by atoms with E-state index in [1.807, 2.05) is 81.5 Å². The zero-order chi connectivity index (χ0) is 27.4. The highest BCUT2D eigenvalue weighted by Gasteiger charge is 2.30. The van der Waals surface area contributed by atoms with Crippen molar-refractivity contribution in [3.63, 3.8) is 0 Å². The molecule has 38 heavy (non-hydrogen) atoms. The first-order valence-electron chi connectivity index (χ1n) is 12.7. The van der Waals surface area contributed by atoms with Crippen molar-refractivity contribution in [1.29, 1.82) is 0 Å². The molecule has 2 aromatic heterocycles. The van der Waals surface area contributed by atoms with E-state index >= 15 is 0 Å². The zero-order valence-corrected chi connectivity index (χ0v) is 22.3. The minimum atomic E-state index is -0.778. The third kappa shape index (κ3) is 5.86. The topological polar surface area (TPSA) is 101 Å². The summed E-state index contributed by atoms with van der Waals surface area (Å²) in [6.45, 7) is 10.1. The van der Waals surface area contributed by atoms with Crippen LogP contribution in [0.4, 0.5) is 10.6 Å². The number of carbonyl (C=O) groups is 1. The fourth-order valence-electron chi connectivity index (χ4n) is 4.49. The Labute approximate surface area is 223 Å². The quantitative estimate of drug-likeness (QED) is 0.463. The molecule has 4 rings (SSSR count). The van der Waals surface area contributed by atoms with Crippen LogP contribution in [0.25, 0.3) is 16.9 Å². The Bertz CT molecular complexity index is 1450. The van der Waals surface area contributed by atoms with Crippen LogP contribution in [0.3, 0.4) is 0 Å². The third-order valence-corrected chi connectivity index (χ3v) is 7.04. The van der Waals surface area contributed by atoms with Crippen LogP contribution in [0, 0.1) is 12.3 Å². The molecule has 0 saturated heterocycles. The summed E-state index contributed by atoms with van der Waals surface area (Å²) < 4.78 is 3.15. The van der Waals surface area contributed by atoms with Crippen molar-refractivity contribution < 1.29 is 9.90 Å². The molecule has 2 atom stereocenters. The van der Waals surface area contributed by atoms with E-state index in [1.165, 1.54) is 10.6 Å². The smallest absolute Gasteiger partial charge is 0.320 e. The number of aliphatic hydroxyl groups is 1. The van der Waals surface area contributed by atoms with Crippen LogP contribution in [-0.4, -0.2) is 37.6 Å². The van der Waals surface area contributed by atoms with E-state index in [0.717, 1.165) is 11.3 Å². The molecular formula is C30H35N5O3. The van der Waals surface area contributed by atoms with Gasteiger partial charge in [0.1, 0.15) is 5.82 Å².